The first-order valence-electron chi connectivity index (χ1n) is 10.5. The van der Waals surface area contributed by atoms with Crippen LogP contribution in [0.3, 0.4) is 0 Å². The van der Waals surface area contributed by atoms with Gasteiger partial charge in [-0.15, -0.1) is 0 Å². The maximum absolute atomic E-state index is 13.6. The smallest absolute Gasteiger partial charge is 0.385 e. The zero-order chi connectivity index (χ0) is 21.9. The van der Waals surface area contributed by atoms with Gasteiger partial charge >= 0.3 is 6.18 Å². The van der Waals surface area contributed by atoms with Crippen molar-refractivity contribution in [3.8, 4) is 0 Å². The summed E-state index contributed by atoms with van der Waals surface area (Å²) in [6.45, 7) is 4.43. The van der Waals surface area contributed by atoms with E-state index in [2.05, 4.69) is 10.0 Å². The molecule has 0 saturated heterocycles. The Balaban J connectivity index is 1.57. The molecule has 9 heteroatoms. The topological polar surface area (TPSA) is 61.4 Å². The summed E-state index contributed by atoms with van der Waals surface area (Å²) in [5.41, 5.74) is 0.00230. The number of halogens is 3. The monoisotopic (exact) mass is 445 g/mol. The Hall–Kier alpha value is -1.74. The molecular weight excluding hydrogens is 415 g/mol. The van der Waals surface area contributed by atoms with E-state index >= 15 is 0 Å². The van der Waals surface area contributed by atoms with Crippen LogP contribution in [0.5, 0.6) is 0 Å². The lowest BCUT2D eigenvalue weighted by Gasteiger charge is -2.30. The molecule has 1 aromatic rings. The van der Waals surface area contributed by atoms with E-state index in [9.17, 15) is 21.6 Å². The molecule has 0 bridgehead atoms. The minimum Gasteiger partial charge on any atom is -0.385 e. The summed E-state index contributed by atoms with van der Waals surface area (Å²) >= 11 is 0. The van der Waals surface area contributed by atoms with Crippen molar-refractivity contribution in [3.05, 3.63) is 36.0 Å². The third kappa shape index (κ3) is 5.69. The van der Waals surface area contributed by atoms with Crippen LogP contribution >= 0.6 is 0 Å². The van der Waals surface area contributed by atoms with E-state index in [-0.39, 0.29) is 11.7 Å². The Morgan fingerprint density at radius 2 is 1.87 bits per heavy atom. The highest BCUT2D eigenvalue weighted by atomic mass is 32.2. The molecule has 1 heterocycles. The molecule has 0 radical (unpaired) electrons. The van der Waals surface area contributed by atoms with Crippen LogP contribution in [0.25, 0.3) is 0 Å². The van der Waals surface area contributed by atoms with E-state index in [0.29, 0.717) is 24.7 Å². The largest absolute Gasteiger partial charge is 0.418 e. The average molecular weight is 446 g/mol. The number of rotatable bonds is 7. The quantitative estimate of drug-likeness (QED) is 0.637. The molecule has 1 aromatic carbocycles. The van der Waals surface area contributed by atoms with Gasteiger partial charge in [0.05, 0.1) is 16.5 Å². The van der Waals surface area contributed by atoms with Crippen LogP contribution in [0.1, 0.15) is 51.5 Å². The van der Waals surface area contributed by atoms with Gasteiger partial charge in [0.25, 0.3) is 0 Å². The van der Waals surface area contributed by atoms with Gasteiger partial charge in [-0.3, -0.25) is 0 Å². The van der Waals surface area contributed by atoms with Gasteiger partial charge < -0.3 is 10.2 Å². The Morgan fingerprint density at radius 1 is 1.17 bits per heavy atom. The van der Waals surface area contributed by atoms with Crippen LogP contribution in [0.2, 0.25) is 0 Å². The van der Waals surface area contributed by atoms with Gasteiger partial charge in [0.1, 0.15) is 0 Å². The average Bonchev–Trinajstić information content (AvgIpc) is 3.21. The number of hydrogen-bond donors (Lipinski definition) is 2. The second-order valence-corrected chi connectivity index (χ2v) is 10.7. The van der Waals surface area contributed by atoms with Crippen LogP contribution in [-0.4, -0.2) is 32.8 Å². The van der Waals surface area contributed by atoms with Crippen molar-refractivity contribution in [1.29, 1.82) is 0 Å². The first-order valence-corrected chi connectivity index (χ1v) is 12.0. The predicted octanol–water partition coefficient (Wildman–Crippen LogP) is 4.73. The van der Waals surface area contributed by atoms with E-state index in [1.165, 1.54) is 12.1 Å². The maximum Gasteiger partial charge on any atom is 0.418 e. The summed E-state index contributed by atoms with van der Waals surface area (Å²) < 4.78 is 67.5. The van der Waals surface area contributed by atoms with Gasteiger partial charge in [0.2, 0.25) is 10.0 Å². The normalized spacial score (nSPS) is 22.7. The minimum atomic E-state index is -4.42. The molecule has 0 unspecified atom stereocenters. The summed E-state index contributed by atoms with van der Waals surface area (Å²) in [7, 11) is -3.28. The molecule has 3 rings (SSSR count). The Morgan fingerprint density at radius 3 is 2.43 bits per heavy atom. The van der Waals surface area contributed by atoms with Gasteiger partial charge in [-0.1, -0.05) is 6.08 Å². The number of sulfonamides is 1. The molecule has 0 spiro atoms. The molecule has 30 heavy (non-hydrogen) atoms. The molecule has 1 aliphatic heterocycles. The lowest BCUT2D eigenvalue weighted by atomic mass is 9.86. The van der Waals surface area contributed by atoms with Crippen molar-refractivity contribution < 1.29 is 21.6 Å². The summed E-state index contributed by atoms with van der Waals surface area (Å²) in [4.78, 5) is 1.63. The van der Waals surface area contributed by atoms with Crippen LogP contribution in [0, 0.1) is 5.92 Å². The molecule has 168 valence electrons. The number of nitrogens with zero attached hydrogens (tertiary/aromatic N) is 1. The van der Waals surface area contributed by atoms with Crippen molar-refractivity contribution in [1.82, 2.24) is 4.72 Å². The molecule has 2 aliphatic rings. The zero-order valence-corrected chi connectivity index (χ0v) is 18.2. The molecule has 0 aromatic heterocycles. The van der Waals surface area contributed by atoms with Crippen LogP contribution in [0.15, 0.2) is 30.5 Å². The standard InChI is InChI=1S/C21H30F3N3O2S/c1-15(2)30(28,29)26-17-7-5-16(6-8-17)14-25-18-9-10-20(27-11-3-4-12-27)19(13-18)21(22,23)24/h3,9-11,13,15-17,25-26H,4-8,12,14H2,1-2H3/t16-,17-. The Labute approximate surface area is 176 Å². The second kappa shape index (κ2) is 9.18. The van der Waals surface area contributed by atoms with Crippen LogP contribution in [-0.2, 0) is 16.2 Å². The Bertz CT molecular complexity index is 861. The van der Waals surface area contributed by atoms with Crippen molar-refractivity contribution >= 4 is 21.4 Å². The number of anilines is 2. The third-order valence-electron chi connectivity index (χ3n) is 5.83. The third-order valence-corrected chi connectivity index (χ3v) is 7.73. The molecule has 0 atom stereocenters. The van der Waals surface area contributed by atoms with Gasteiger partial charge in [0, 0.05) is 31.0 Å². The fourth-order valence-corrected chi connectivity index (χ4v) is 4.90. The molecule has 1 aliphatic carbocycles. The van der Waals surface area contributed by atoms with Gasteiger partial charge in [-0.25, -0.2) is 13.1 Å². The fraction of sp³-hybridized carbons (Fsp3) is 0.619. The zero-order valence-electron chi connectivity index (χ0n) is 17.4. The van der Waals surface area contributed by atoms with Crippen molar-refractivity contribution in [3.63, 3.8) is 0 Å². The van der Waals surface area contributed by atoms with Gasteiger partial charge in [-0.2, -0.15) is 13.2 Å². The SMILES string of the molecule is CC(C)S(=O)(=O)N[C@H]1CC[C@H](CNc2ccc(N3C=CCC3)c(C(F)(F)F)c2)CC1. The highest BCUT2D eigenvalue weighted by Crippen LogP contribution is 2.39. The summed E-state index contributed by atoms with van der Waals surface area (Å²) in [6.07, 6.45) is 3.04. The second-order valence-electron chi connectivity index (χ2n) is 8.41. The summed E-state index contributed by atoms with van der Waals surface area (Å²) in [5, 5.41) is 2.69. The van der Waals surface area contributed by atoms with Gasteiger partial charge in [-0.05, 0) is 70.1 Å². The fourth-order valence-electron chi connectivity index (χ4n) is 3.93. The number of hydrogen-bond acceptors (Lipinski definition) is 4. The highest BCUT2D eigenvalue weighted by molar-refractivity contribution is 7.90. The van der Waals surface area contributed by atoms with E-state index in [1.54, 1.807) is 31.0 Å². The lowest BCUT2D eigenvalue weighted by molar-refractivity contribution is -0.137. The first-order chi connectivity index (χ1) is 14.1. The molecule has 0 amide bonds. The maximum atomic E-state index is 13.6. The molecule has 1 fully saturated rings. The lowest BCUT2D eigenvalue weighted by Crippen LogP contribution is -2.41. The van der Waals surface area contributed by atoms with E-state index in [1.807, 2.05) is 6.08 Å². The van der Waals surface area contributed by atoms with E-state index in [0.717, 1.165) is 32.1 Å². The predicted molar refractivity (Wildman–Crippen MR) is 114 cm³/mol. The van der Waals surface area contributed by atoms with E-state index < -0.39 is 27.0 Å². The summed E-state index contributed by atoms with van der Waals surface area (Å²) in [5.74, 6) is 0.306. The summed E-state index contributed by atoms with van der Waals surface area (Å²) in [6, 6.07) is 4.35. The number of nitrogens with one attached hydrogen (secondary N) is 2. The van der Waals surface area contributed by atoms with Crippen LogP contribution in [0.4, 0.5) is 24.5 Å². The van der Waals surface area contributed by atoms with Crippen molar-refractivity contribution in [2.24, 2.45) is 5.92 Å². The number of alkyl halides is 3. The Kier molecular flexibility index (Phi) is 7.02. The molecule has 5 nitrogen and oxygen atoms in total. The molecular formula is C21H30F3N3O2S. The minimum absolute atomic E-state index is 0.0571. The van der Waals surface area contributed by atoms with Crippen molar-refractivity contribution in [2.75, 3.05) is 23.3 Å². The molecule has 1 saturated carbocycles. The molecule has 2 N–H and O–H groups in total. The van der Waals surface area contributed by atoms with Gasteiger partial charge in [0.15, 0.2) is 0 Å². The van der Waals surface area contributed by atoms with Crippen LogP contribution < -0.4 is 14.9 Å². The van der Waals surface area contributed by atoms with E-state index in [4.69, 9.17) is 0 Å². The highest BCUT2D eigenvalue weighted by Gasteiger charge is 2.35. The number of benzene rings is 1. The first kappa shape index (κ1) is 22.9. The van der Waals surface area contributed by atoms with Crippen molar-refractivity contribution in [2.45, 2.75) is 63.4 Å².